The van der Waals surface area contributed by atoms with Crippen molar-refractivity contribution in [1.82, 2.24) is 4.90 Å². The quantitative estimate of drug-likeness (QED) is 0.458. The number of rotatable bonds is 5. The van der Waals surface area contributed by atoms with Crippen molar-refractivity contribution in [3.63, 3.8) is 0 Å². The molecule has 1 fully saturated rings. The first-order valence-corrected chi connectivity index (χ1v) is 11.0. The number of halogens is 1. The van der Waals surface area contributed by atoms with Gasteiger partial charge in [0.1, 0.15) is 18.1 Å². The molecule has 0 bridgehead atoms. The van der Waals surface area contributed by atoms with Gasteiger partial charge in [0, 0.05) is 21.8 Å². The zero-order valence-corrected chi connectivity index (χ0v) is 18.8. The van der Waals surface area contributed by atoms with Crippen molar-refractivity contribution in [3.8, 4) is 11.3 Å². The number of anilines is 1. The fourth-order valence-corrected chi connectivity index (χ4v) is 4.11. The van der Waals surface area contributed by atoms with E-state index in [1.165, 1.54) is 6.08 Å². The molecule has 8 heteroatoms. The number of aryl methyl sites for hydroxylation is 1. The smallest absolute Gasteiger partial charge is 0.294 e. The van der Waals surface area contributed by atoms with Crippen molar-refractivity contribution < 1.29 is 18.8 Å². The molecular formula is C23H17BrN2O4S. The summed E-state index contributed by atoms with van der Waals surface area (Å²) in [4.78, 5) is 38.4. The van der Waals surface area contributed by atoms with E-state index in [0.717, 1.165) is 32.3 Å². The van der Waals surface area contributed by atoms with Crippen molar-refractivity contribution in [1.29, 1.82) is 0 Å². The lowest BCUT2D eigenvalue weighted by molar-refractivity contribution is -0.127. The summed E-state index contributed by atoms with van der Waals surface area (Å²) in [6.45, 7) is 1.56. The molecule has 6 nitrogen and oxygen atoms in total. The second kappa shape index (κ2) is 8.95. The monoisotopic (exact) mass is 496 g/mol. The van der Waals surface area contributed by atoms with Crippen molar-refractivity contribution in [2.75, 3.05) is 11.9 Å². The Morgan fingerprint density at radius 2 is 1.90 bits per heavy atom. The van der Waals surface area contributed by atoms with Gasteiger partial charge in [-0.05, 0) is 60.6 Å². The molecule has 1 N–H and O–H groups in total. The molecule has 0 saturated carbocycles. The van der Waals surface area contributed by atoms with Gasteiger partial charge in [-0.2, -0.15) is 0 Å². The van der Waals surface area contributed by atoms with Gasteiger partial charge in [0.25, 0.3) is 11.1 Å². The van der Waals surface area contributed by atoms with Crippen molar-refractivity contribution in [2.24, 2.45) is 0 Å². The molecule has 0 radical (unpaired) electrons. The van der Waals surface area contributed by atoms with Gasteiger partial charge in [-0.3, -0.25) is 19.3 Å². The van der Waals surface area contributed by atoms with Crippen molar-refractivity contribution >= 4 is 56.5 Å². The molecule has 156 valence electrons. The van der Waals surface area contributed by atoms with Gasteiger partial charge in [0.2, 0.25) is 5.91 Å². The Hall–Kier alpha value is -3.10. The van der Waals surface area contributed by atoms with Crippen LogP contribution in [0.2, 0.25) is 0 Å². The molecule has 0 spiro atoms. The Kier molecular flexibility index (Phi) is 6.11. The first-order chi connectivity index (χ1) is 14.9. The molecule has 1 aliphatic heterocycles. The van der Waals surface area contributed by atoms with Gasteiger partial charge in [0.15, 0.2) is 0 Å². The highest BCUT2D eigenvalue weighted by atomic mass is 79.9. The molecule has 1 aromatic heterocycles. The second-order valence-electron chi connectivity index (χ2n) is 6.89. The van der Waals surface area contributed by atoms with Crippen LogP contribution < -0.4 is 5.32 Å². The summed E-state index contributed by atoms with van der Waals surface area (Å²) in [5, 5.41) is 2.21. The maximum absolute atomic E-state index is 12.7. The summed E-state index contributed by atoms with van der Waals surface area (Å²) >= 11 is 4.18. The summed E-state index contributed by atoms with van der Waals surface area (Å²) in [7, 11) is 0. The highest BCUT2D eigenvalue weighted by molar-refractivity contribution is 9.10. The zero-order chi connectivity index (χ0) is 22.0. The molecule has 3 amide bonds. The highest BCUT2D eigenvalue weighted by Gasteiger charge is 2.36. The number of furan rings is 1. The molecule has 31 heavy (non-hydrogen) atoms. The van der Waals surface area contributed by atoms with Crippen LogP contribution in [0.4, 0.5) is 10.5 Å². The minimum absolute atomic E-state index is 0.213. The second-order valence-corrected chi connectivity index (χ2v) is 8.80. The van der Waals surface area contributed by atoms with Crippen LogP contribution in [0.15, 0.2) is 74.5 Å². The number of nitrogens with one attached hydrogen (secondary N) is 1. The first kappa shape index (κ1) is 21.1. The third-order valence-corrected chi connectivity index (χ3v) is 5.94. The van der Waals surface area contributed by atoms with Crippen LogP contribution in [0.3, 0.4) is 0 Å². The fourth-order valence-electron chi connectivity index (χ4n) is 3.03. The Balaban J connectivity index is 1.45. The van der Waals surface area contributed by atoms with Gasteiger partial charge < -0.3 is 9.73 Å². The number of imide groups is 1. The number of thioether (sulfide) groups is 1. The van der Waals surface area contributed by atoms with Gasteiger partial charge >= 0.3 is 0 Å². The van der Waals surface area contributed by atoms with Crippen LogP contribution in [0.5, 0.6) is 0 Å². The lowest BCUT2D eigenvalue weighted by Crippen LogP contribution is -2.36. The Morgan fingerprint density at radius 1 is 1.13 bits per heavy atom. The number of carbonyl (C=O) groups is 3. The molecule has 3 aromatic rings. The van der Waals surface area contributed by atoms with E-state index in [1.54, 1.807) is 18.2 Å². The van der Waals surface area contributed by atoms with E-state index < -0.39 is 17.1 Å². The molecule has 4 rings (SSSR count). The molecule has 1 aliphatic rings. The number of nitrogens with zero attached hydrogens (tertiary/aromatic N) is 1. The molecule has 0 aliphatic carbocycles. The predicted molar refractivity (Wildman–Crippen MR) is 124 cm³/mol. The van der Waals surface area contributed by atoms with Crippen molar-refractivity contribution in [3.05, 3.63) is 81.4 Å². The largest absolute Gasteiger partial charge is 0.457 e. The van der Waals surface area contributed by atoms with Crippen LogP contribution in [0.25, 0.3) is 17.4 Å². The lowest BCUT2D eigenvalue weighted by Gasteiger charge is -2.12. The van der Waals surface area contributed by atoms with E-state index in [-0.39, 0.29) is 11.4 Å². The van der Waals surface area contributed by atoms with Crippen LogP contribution in [-0.2, 0) is 9.59 Å². The fraction of sp³-hybridized carbons (Fsp3) is 0.0870. The van der Waals surface area contributed by atoms with Crippen molar-refractivity contribution in [2.45, 2.75) is 6.92 Å². The normalized spacial score (nSPS) is 15.0. The molecule has 2 heterocycles. The summed E-state index contributed by atoms with van der Waals surface area (Å²) in [5.74, 6) is 0.142. The number of amides is 3. The average Bonchev–Trinajstić information content (AvgIpc) is 3.29. The van der Waals surface area contributed by atoms with E-state index in [2.05, 4.69) is 21.2 Å². The topological polar surface area (TPSA) is 79.6 Å². The van der Waals surface area contributed by atoms with Gasteiger partial charge in [0.05, 0.1) is 4.91 Å². The van der Waals surface area contributed by atoms with E-state index in [9.17, 15) is 14.4 Å². The minimum Gasteiger partial charge on any atom is -0.457 e. The van der Waals surface area contributed by atoms with Crippen LogP contribution >= 0.6 is 27.7 Å². The Bertz CT molecular complexity index is 1200. The van der Waals surface area contributed by atoms with Gasteiger partial charge in [-0.25, -0.2) is 0 Å². The van der Waals surface area contributed by atoms with Crippen LogP contribution in [0.1, 0.15) is 11.3 Å². The molecular weight excluding hydrogens is 480 g/mol. The molecule has 0 atom stereocenters. The maximum atomic E-state index is 12.7. The Morgan fingerprint density at radius 3 is 2.65 bits per heavy atom. The summed E-state index contributed by atoms with van der Waals surface area (Å²) in [6, 6.07) is 18.5. The van der Waals surface area contributed by atoms with Gasteiger partial charge in [-0.1, -0.05) is 40.2 Å². The summed E-state index contributed by atoms with van der Waals surface area (Å²) < 4.78 is 6.76. The van der Waals surface area contributed by atoms with E-state index >= 15 is 0 Å². The van der Waals surface area contributed by atoms with E-state index in [0.29, 0.717) is 17.2 Å². The number of benzene rings is 2. The lowest BCUT2D eigenvalue weighted by atomic mass is 10.2. The summed E-state index contributed by atoms with van der Waals surface area (Å²) in [5.41, 5.74) is 2.50. The zero-order valence-electron chi connectivity index (χ0n) is 16.4. The number of hydrogen-bond donors (Lipinski definition) is 1. The average molecular weight is 497 g/mol. The highest BCUT2D eigenvalue weighted by Crippen LogP contribution is 2.33. The third-order valence-electron chi connectivity index (χ3n) is 4.51. The molecule has 0 unspecified atom stereocenters. The van der Waals surface area contributed by atoms with E-state index in [4.69, 9.17) is 4.42 Å². The summed E-state index contributed by atoms with van der Waals surface area (Å²) in [6.07, 6.45) is 1.52. The predicted octanol–water partition coefficient (Wildman–Crippen LogP) is 5.69. The molecule has 1 saturated heterocycles. The Labute approximate surface area is 191 Å². The third kappa shape index (κ3) is 4.98. The number of hydrogen-bond acceptors (Lipinski definition) is 5. The van der Waals surface area contributed by atoms with Crippen LogP contribution in [0, 0.1) is 6.92 Å². The minimum atomic E-state index is -0.518. The molecule has 2 aromatic carbocycles. The van der Waals surface area contributed by atoms with Crippen LogP contribution in [-0.4, -0.2) is 28.5 Å². The number of carbonyl (C=O) groups excluding carboxylic acids is 3. The maximum Gasteiger partial charge on any atom is 0.294 e. The first-order valence-electron chi connectivity index (χ1n) is 9.37. The SMILES string of the molecule is Cc1cccc(NC(=O)CN2C(=O)S/C(=C/c3ccc(-c4ccc(Br)cc4)o3)C2=O)c1. The standard InChI is InChI=1S/C23H17BrN2O4S/c1-14-3-2-4-17(11-14)25-21(27)13-26-22(28)20(31-23(26)29)12-18-9-10-19(30-18)15-5-7-16(24)8-6-15/h2-12H,13H2,1H3,(H,25,27)/b20-12+. The van der Waals surface area contributed by atoms with E-state index in [1.807, 2.05) is 49.4 Å². The van der Waals surface area contributed by atoms with Gasteiger partial charge in [-0.15, -0.1) is 0 Å².